The molecule has 5 unspecified atom stereocenters. The Kier molecular flexibility index (Phi) is 9.71. The number of unbranched alkanes of at least 4 members (excludes halogenated alkanes) is 3. The van der Waals surface area contributed by atoms with Crippen LogP contribution >= 0.6 is 0 Å². The Bertz CT molecular complexity index is 273. The average molecular weight is 310 g/mol. The molecule has 0 aliphatic heterocycles. The van der Waals surface area contributed by atoms with E-state index in [2.05, 4.69) is 34.6 Å². The summed E-state index contributed by atoms with van der Waals surface area (Å²) in [6, 6.07) is 0.481. The summed E-state index contributed by atoms with van der Waals surface area (Å²) in [5, 5.41) is 0. The predicted molar refractivity (Wildman–Crippen MR) is 100.0 cm³/mol. The van der Waals surface area contributed by atoms with Gasteiger partial charge in [0.1, 0.15) is 0 Å². The van der Waals surface area contributed by atoms with E-state index in [9.17, 15) is 0 Å². The van der Waals surface area contributed by atoms with Gasteiger partial charge in [-0.3, -0.25) is 0 Å². The lowest BCUT2D eigenvalue weighted by atomic mass is 9.87. The van der Waals surface area contributed by atoms with Gasteiger partial charge in [0.25, 0.3) is 0 Å². The molecule has 1 rings (SSSR count). The van der Waals surface area contributed by atoms with Crippen molar-refractivity contribution in [3.05, 3.63) is 0 Å². The number of hydrogen-bond acceptors (Lipinski definition) is 1. The topological polar surface area (TPSA) is 26.0 Å². The smallest absolute Gasteiger partial charge is 0.00982 e. The third-order valence-electron chi connectivity index (χ3n) is 6.24. The maximum Gasteiger partial charge on any atom is 0.00982 e. The molecule has 22 heavy (non-hydrogen) atoms. The third kappa shape index (κ3) is 7.02. The SMILES string of the molecule is CCC(C)CCC1CC(C)C(CCCCCCC(C)C)C1N. The first-order valence-corrected chi connectivity index (χ1v) is 10.2. The molecule has 0 spiro atoms. The van der Waals surface area contributed by atoms with Gasteiger partial charge in [-0.1, -0.05) is 79.6 Å². The molecule has 0 amide bonds. The fourth-order valence-electron chi connectivity index (χ4n) is 4.31. The number of hydrogen-bond donors (Lipinski definition) is 1. The molecule has 1 heteroatoms. The Balaban J connectivity index is 2.20. The van der Waals surface area contributed by atoms with E-state index in [1.807, 2.05) is 0 Å². The summed E-state index contributed by atoms with van der Waals surface area (Å²) >= 11 is 0. The molecule has 132 valence electrons. The minimum Gasteiger partial charge on any atom is -0.327 e. The summed E-state index contributed by atoms with van der Waals surface area (Å²) in [5.74, 6) is 4.20. The van der Waals surface area contributed by atoms with Gasteiger partial charge < -0.3 is 5.73 Å². The first kappa shape index (κ1) is 20.0. The minimum atomic E-state index is 0.481. The van der Waals surface area contributed by atoms with Crippen LogP contribution in [0.1, 0.15) is 98.8 Å². The summed E-state index contributed by atoms with van der Waals surface area (Å²) in [6.45, 7) is 11.8. The van der Waals surface area contributed by atoms with Gasteiger partial charge in [-0.25, -0.2) is 0 Å². The lowest BCUT2D eigenvalue weighted by Crippen LogP contribution is -2.32. The van der Waals surface area contributed by atoms with Crippen molar-refractivity contribution in [1.82, 2.24) is 0 Å². The molecule has 0 heterocycles. The van der Waals surface area contributed by atoms with Crippen LogP contribution in [0.4, 0.5) is 0 Å². The van der Waals surface area contributed by atoms with Gasteiger partial charge in [0.2, 0.25) is 0 Å². The van der Waals surface area contributed by atoms with E-state index in [1.165, 1.54) is 64.2 Å². The van der Waals surface area contributed by atoms with Crippen LogP contribution in [0.5, 0.6) is 0 Å². The molecule has 1 fully saturated rings. The van der Waals surface area contributed by atoms with Crippen molar-refractivity contribution >= 4 is 0 Å². The van der Waals surface area contributed by atoms with Crippen LogP contribution in [-0.2, 0) is 0 Å². The highest BCUT2D eigenvalue weighted by molar-refractivity contribution is 4.91. The largest absolute Gasteiger partial charge is 0.327 e. The molecule has 0 saturated heterocycles. The van der Waals surface area contributed by atoms with Crippen molar-refractivity contribution in [3.63, 3.8) is 0 Å². The fourth-order valence-corrected chi connectivity index (χ4v) is 4.31. The first-order chi connectivity index (χ1) is 10.5. The van der Waals surface area contributed by atoms with Crippen molar-refractivity contribution in [3.8, 4) is 0 Å². The van der Waals surface area contributed by atoms with E-state index in [4.69, 9.17) is 5.73 Å². The maximum atomic E-state index is 6.62. The molecule has 0 aromatic carbocycles. The third-order valence-corrected chi connectivity index (χ3v) is 6.24. The molecule has 1 aliphatic carbocycles. The van der Waals surface area contributed by atoms with Gasteiger partial charge in [0, 0.05) is 6.04 Å². The highest BCUT2D eigenvalue weighted by Crippen LogP contribution is 2.41. The van der Waals surface area contributed by atoms with E-state index in [1.54, 1.807) is 0 Å². The molecule has 1 aliphatic rings. The zero-order valence-electron chi connectivity index (χ0n) is 16.1. The number of nitrogens with two attached hydrogens (primary N) is 1. The second-order valence-corrected chi connectivity index (χ2v) is 8.69. The quantitative estimate of drug-likeness (QED) is 0.438. The van der Waals surface area contributed by atoms with Crippen LogP contribution in [0.3, 0.4) is 0 Å². The molecule has 0 bridgehead atoms. The van der Waals surface area contributed by atoms with Crippen LogP contribution < -0.4 is 5.73 Å². The van der Waals surface area contributed by atoms with Gasteiger partial charge in [-0.15, -0.1) is 0 Å². The molecule has 5 atom stereocenters. The van der Waals surface area contributed by atoms with Gasteiger partial charge in [-0.2, -0.15) is 0 Å². The number of rotatable bonds is 11. The van der Waals surface area contributed by atoms with Gasteiger partial charge in [0.15, 0.2) is 0 Å². The van der Waals surface area contributed by atoms with Crippen molar-refractivity contribution in [2.24, 2.45) is 35.3 Å². The molecule has 2 N–H and O–H groups in total. The average Bonchev–Trinajstić information content (AvgIpc) is 2.74. The van der Waals surface area contributed by atoms with Crippen molar-refractivity contribution in [2.45, 2.75) is 105 Å². The predicted octanol–water partition coefficient (Wildman–Crippen LogP) is 6.41. The highest BCUT2D eigenvalue weighted by Gasteiger charge is 2.37. The summed E-state index contributed by atoms with van der Waals surface area (Å²) in [6.07, 6.45) is 13.9. The highest BCUT2D eigenvalue weighted by atomic mass is 14.7. The minimum absolute atomic E-state index is 0.481. The van der Waals surface area contributed by atoms with Crippen LogP contribution in [0.2, 0.25) is 0 Å². The summed E-state index contributed by atoms with van der Waals surface area (Å²) < 4.78 is 0. The zero-order valence-corrected chi connectivity index (χ0v) is 16.1. The molecular weight excluding hydrogens is 266 g/mol. The molecule has 0 aromatic heterocycles. The van der Waals surface area contributed by atoms with Crippen LogP contribution in [0.25, 0.3) is 0 Å². The van der Waals surface area contributed by atoms with Crippen LogP contribution in [0.15, 0.2) is 0 Å². The first-order valence-electron chi connectivity index (χ1n) is 10.2. The van der Waals surface area contributed by atoms with E-state index in [0.717, 1.165) is 29.6 Å². The second kappa shape index (κ2) is 10.7. The summed E-state index contributed by atoms with van der Waals surface area (Å²) in [7, 11) is 0. The van der Waals surface area contributed by atoms with Gasteiger partial charge in [0.05, 0.1) is 0 Å². The van der Waals surface area contributed by atoms with Crippen LogP contribution in [0, 0.1) is 29.6 Å². The van der Waals surface area contributed by atoms with Gasteiger partial charge >= 0.3 is 0 Å². The van der Waals surface area contributed by atoms with E-state index < -0.39 is 0 Å². The Hall–Kier alpha value is -0.0400. The Morgan fingerprint density at radius 2 is 1.64 bits per heavy atom. The monoisotopic (exact) mass is 309 g/mol. The Labute approximate surface area is 140 Å². The van der Waals surface area contributed by atoms with Crippen molar-refractivity contribution < 1.29 is 0 Å². The standard InChI is InChI=1S/C21H43N/c1-6-17(4)13-14-19-15-18(5)20(21(19)22)12-10-8-7-9-11-16(2)3/h16-21H,6-15,22H2,1-5H3. The summed E-state index contributed by atoms with van der Waals surface area (Å²) in [5.41, 5.74) is 6.62. The van der Waals surface area contributed by atoms with Crippen LogP contribution in [-0.4, -0.2) is 6.04 Å². The second-order valence-electron chi connectivity index (χ2n) is 8.69. The fraction of sp³-hybridized carbons (Fsp3) is 1.00. The van der Waals surface area contributed by atoms with E-state index >= 15 is 0 Å². The van der Waals surface area contributed by atoms with Crippen molar-refractivity contribution in [2.75, 3.05) is 0 Å². The lowest BCUT2D eigenvalue weighted by Gasteiger charge is -2.23. The molecule has 1 saturated carbocycles. The normalized spacial score (nSPS) is 30.1. The van der Waals surface area contributed by atoms with Crippen molar-refractivity contribution in [1.29, 1.82) is 0 Å². The molecule has 0 aromatic rings. The Morgan fingerprint density at radius 1 is 0.955 bits per heavy atom. The molecule has 1 nitrogen and oxygen atoms in total. The zero-order chi connectivity index (χ0) is 16.5. The molecular formula is C21H43N. The molecule has 0 radical (unpaired) electrons. The summed E-state index contributed by atoms with van der Waals surface area (Å²) in [4.78, 5) is 0. The van der Waals surface area contributed by atoms with Gasteiger partial charge in [-0.05, 0) is 48.9 Å². The maximum absolute atomic E-state index is 6.62. The van der Waals surface area contributed by atoms with E-state index in [0.29, 0.717) is 6.04 Å². The lowest BCUT2D eigenvalue weighted by molar-refractivity contribution is 0.322. The van der Waals surface area contributed by atoms with E-state index in [-0.39, 0.29) is 0 Å². The Morgan fingerprint density at radius 3 is 2.27 bits per heavy atom.